The van der Waals surface area contributed by atoms with E-state index < -0.39 is 16.1 Å². The van der Waals surface area contributed by atoms with Crippen molar-refractivity contribution in [3.05, 3.63) is 57.5 Å². The Morgan fingerprint density at radius 3 is 2.50 bits per heavy atom. The van der Waals surface area contributed by atoms with E-state index >= 15 is 0 Å². The second-order valence-corrected chi connectivity index (χ2v) is 6.92. The van der Waals surface area contributed by atoms with Crippen LogP contribution in [0.1, 0.15) is 10.4 Å². The fourth-order valence-electron chi connectivity index (χ4n) is 1.69. The minimum atomic E-state index is -3.88. The molecule has 0 saturated carbocycles. The largest absolute Gasteiger partial charge is 0.322 e. The molecule has 0 fully saturated rings. The highest BCUT2D eigenvalue weighted by Gasteiger charge is 2.12. The lowest BCUT2D eigenvalue weighted by atomic mass is 10.2. The topological polar surface area (TPSA) is 101 Å². The SMILES string of the molecule is NS(=O)(=O)Nc1cccc(NC(=O)c2cc(Br)ccc2Cl)c1. The maximum atomic E-state index is 12.2. The average Bonchev–Trinajstić information content (AvgIpc) is 2.40. The fraction of sp³-hybridized carbons (Fsp3) is 0. The first-order chi connectivity index (χ1) is 10.2. The van der Waals surface area contributed by atoms with Gasteiger partial charge in [0.05, 0.1) is 16.3 Å². The van der Waals surface area contributed by atoms with Crippen molar-refractivity contribution in [3.63, 3.8) is 0 Å². The highest BCUT2D eigenvalue weighted by molar-refractivity contribution is 9.10. The maximum Gasteiger partial charge on any atom is 0.296 e. The summed E-state index contributed by atoms with van der Waals surface area (Å²) in [5.74, 6) is -0.418. The fourth-order valence-corrected chi connectivity index (χ4v) is 2.71. The molecule has 6 nitrogen and oxygen atoms in total. The first-order valence-corrected chi connectivity index (χ1v) is 8.63. The summed E-state index contributed by atoms with van der Waals surface area (Å²) in [6, 6.07) is 11.0. The Balaban J connectivity index is 2.22. The van der Waals surface area contributed by atoms with Gasteiger partial charge in [-0.1, -0.05) is 33.6 Å². The molecule has 2 aromatic rings. The number of halogens is 2. The first kappa shape index (κ1) is 16.8. The third-order valence-corrected chi connectivity index (χ3v) is 3.90. The second kappa shape index (κ2) is 6.66. The number of nitrogens with one attached hydrogen (secondary N) is 2. The van der Waals surface area contributed by atoms with E-state index in [1.807, 2.05) is 0 Å². The second-order valence-electron chi connectivity index (χ2n) is 4.31. The van der Waals surface area contributed by atoms with Crippen LogP contribution >= 0.6 is 27.5 Å². The average molecular weight is 405 g/mol. The van der Waals surface area contributed by atoms with Crippen LogP contribution < -0.4 is 15.2 Å². The number of benzene rings is 2. The van der Waals surface area contributed by atoms with Gasteiger partial charge in [-0.05, 0) is 36.4 Å². The van der Waals surface area contributed by atoms with Crippen molar-refractivity contribution in [3.8, 4) is 0 Å². The van der Waals surface area contributed by atoms with Crippen molar-refractivity contribution in [2.24, 2.45) is 5.14 Å². The molecule has 0 unspecified atom stereocenters. The van der Waals surface area contributed by atoms with Crippen molar-refractivity contribution < 1.29 is 13.2 Å². The smallest absolute Gasteiger partial charge is 0.296 e. The van der Waals surface area contributed by atoms with Crippen LogP contribution in [0.5, 0.6) is 0 Å². The summed E-state index contributed by atoms with van der Waals surface area (Å²) in [4.78, 5) is 12.2. The monoisotopic (exact) mass is 403 g/mol. The summed E-state index contributed by atoms with van der Waals surface area (Å²) < 4.78 is 24.8. The van der Waals surface area contributed by atoms with Crippen LogP contribution in [0.4, 0.5) is 11.4 Å². The minimum absolute atomic E-state index is 0.237. The molecule has 0 saturated heterocycles. The van der Waals surface area contributed by atoms with E-state index in [-0.39, 0.29) is 5.69 Å². The third-order valence-electron chi connectivity index (χ3n) is 2.55. The van der Waals surface area contributed by atoms with Gasteiger partial charge in [0.25, 0.3) is 16.1 Å². The highest BCUT2D eigenvalue weighted by atomic mass is 79.9. The minimum Gasteiger partial charge on any atom is -0.322 e. The molecule has 4 N–H and O–H groups in total. The summed E-state index contributed by atoms with van der Waals surface area (Å²) in [5.41, 5.74) is 0.927. The molecule has 116 valence electrons. The molecule has 2 aromatic carbocycles. The zero-order valence-electron chi connectivity index (χ0n) is 11.0. The maximum absolute atomic E-state index is 12.2. The lowest BCUT2D eigenvalue weighted by Crippen LogP contribution is -2.21. The molecule has 9 heteroatoms. The molecular formula is C13H11BrClN3O3S. The van der Waals surface area contributed by atoms with Crippen molar-refractivity contribution in [2.45, 2.75) is 0 Å². The Hall–Kier alpha value is -1.61. The van der Waals surface area contributed by atoms with E-state index in [4.69, 9.17) is 16.7 Å². The van der Waals surface area contributed by atoms with E-state index in [9.17, 15) is 13.2 Å². The predicted molar refractivity (Wildman–Crippen MR) is 90.3 cm³/mol. The van der Waals surface area contributed by atoms with Gasteiger partial charge in [0.15, 0.2) is 0 Å². The Labute approximate surface area is 141 Å². The standard InChI is InChI=1S/C13H11BrClN3O3S/c14-8-4-5-12(15)11(6-8)13(19)17-9-2-1-3-10(7-9)18-22(16,20)21/h1-7,18H,(H,17,19)(H2,16,20,21). The normalized spacial score (nSPS) is 11.0. The molecular weight excluding hydrogens is 394 g/mol. The molecule has 0 spiro atoms. The van der Waals surface area contributed by atoms with Crippen LogP contribution in [0.15, 0.2) is 46.9 Å². The van der Waals surface area contributed by atoms with Crippen molar-refractivity contribution >= 4 is 55.0 Å². The molecule has 1 amide bonds. The van der Waals surface area contributed by atoms with Gasteiger partial charge >= 0.3 is 0 Å². The number of rotatable bonds is 4. The Morgan fingerprint density at radius 2 is 1.82 bits per heavy atom. The molecule has 0 aliphatic carbocycles. The molecule has 0 atom stereocenters. The first-order valence-electron chi connectivity index (χ1n) is 5.91. The zero-order valence-corrected chi connectivity index (χ0v) is 14.2. The van der Waals surface area contributed by atoms with E-state index in [2.05, 4.69) is 26.0 Å². The van der Waals surface area contributed by atoms with Crippen LogP contribution in [-0.2, 0) is 10.2 Å². The van der Waals surface area contributed by atoms with Crippen LogP contribution in [0, 0.1) is 0 Å². The van der Waals surface area contributed by atoms with Crippen LogP contribution in [0.25, 0.3) is 0 Å². The van der Waals surface area contributed by atoms with Gasteiger partial charge in [0.1, 0.15) is 0 Å². The molecule has 0 aliphatic rings. The Bertz CT molecular complexity index is 827. The Kier molecular flexibility index (Phi) is 5.07. The van der Waals surface area contributed by atoms with E-state index in [0.29, 0.717) is 20.7 Å². The summed E-state index contributed by atoms with van der Waals surface area (Å²) in [5, 5.41) is 7.84. The number of hydrogen-bond acceptors (Lipinski definition) is 3. The third kappa shape index (κ3) is 4.70. The number of carbonyl (C=O) groups is 1. The molecule has 0 aliphatic heterocycles. The van der Waals surface area contributed by atoms with Crippen molar-refractivity contribution in [2.75, 3.05) is 10.0 Å². The summed E-state index contributed by atoms with van der Waals surface area (Å²) >= 11 is 9.25. The quantitative estimate of drug-likeness (QED) is 0.730. The van der Waals surface area contributed by atoms with Crippen LogP contribution in [-0.4, -0.2) is 14.3 Å². The van der Waals surface area contributed by atoms with Gasteiger partial charge in [-0.15, -0.1) is 0 Å². The lowest BCUT2D eigenvalue weighted by Gasteiger charge is -2.09. The molecule has 0 heterocycles. The molecule has 22 heavy (non-hydrogen) atoms. The van der Waals surface area contributed by atoms with E-state index in [1.54, 1.807) is 30.3 Å². The molecule has 0 bridgehead atoms. The van der Waals surface area contributed by atoms with Crippen LogP contribution in [0.2, 0.25) is 5.02 Å². The number of amides is 1. The number of nitrogens with two attached hydrogens (primary N) is 1. The summed E-state index contributed by atoms with van der Waals surface area (Å²) in [6.07, 6.45) is 0. The van der Waals surface area contributed by atoms with Gasteiger partial charge < -0.3 is 5.32 Å². The molecule has 0 aromatic heterocycles. The summed E-state index contributed by atoms with van der Waals surface area (Å²) in [6.45, 7) is 0. The number of hydrogen-bond donors (Lipinski definition) is 3. The number of anilines is 2. The van der Waals surface area contributed by atoms with Gasteiger partial charge in [-0.2, -0.15) is 8.42 Å². The molecule has 0 radical (unpaired) electrons. The lowest BCUT2D eigenvalue weighted by molar-refractivity contribution is 0.102. The molecule has 2 rings (SSSR count). The van der Waals surface area contributed by atoms with Crippen LogP contribution in [0.3, 0.4) is 0 Å². The van der Waals surface area contributed by atoms with Crippen molar-refractivity contribution in [1.82, 2.24) is 0 Å². The number of carbonyl (C=O) groups excluding carboxylic acids is 1. The highest BCUT2D eigenvalue weighted by Crippen LogP contribution is 2.23. The van der Waals surface area contributed by atoms with Crippen molar-refractivity contribution in [1.29, 1.82) is 0 Å². The Morgan fingerprint density at radius 1 is 1.14 bits per heavy atom. The van der Waals surface area contributed by atoms with E-state index in [0.717, 1.165) is 0 Å². The summed E-state index contributed by atoms with van der Waals surface area (Å²) in [7, 11) is -3.88. The van der Waals surface area contributed by atoms with Gasteiger partial charge in [0, 0.05) is 10.2 Å². The van der Waals surface area contributed by atoms with Gasteiger partial charge in [-0.3, -0.25) is 9.52 Å². The van der Waals surface area contributed by atoms with E-state index in [1.165, 1.54) is 12.1 Å². The van der Waals surface area contributed by atoms with Gasteiger partial charge in [-0.25, -0.2) is 5.14 Å². The van der Waals surface area contributed by atoms with Gasteiger partial charge in [0.2, 0.25) is 0 Å². The predicted octanol–water partition coefficient (Wildman–Crippen LogP) is 2.97. The zero-order chi connectivity index (χ0) is 16.3.